The lowest BCUT2D eigenvalue weighted by Gasteiger charge is -2.32. The molecule has 3 heterocycles. The first-order chi connectivity index (χ1) is 12.7. The molecule has 1 saturated heterocycles. The van der Waals surface area contributed by atoms with Crippen molar-refractivity contribution in [1.29, 1.82) is 0 Å². The molecule has 0 aliphatic carbocycles. The third kappa shape index (κ3) is 5.31. The second-order valence-corrected chi connectivity index (χ2v) is 9.08. The van der Waals surface area contributed by atoms with Crippen LogP contribution in [0.5, 0.6) is 0 Å². The quantitative estimate of drug-likeness (QED) is 0.739. The Morgan fingerprint density at radius 2 is 1.93 bits per heavy atom. The lowest BCUT2D eigenvalue weighted by molar-refractivity contribution is -0.137. The molecule has 2 aromatic rings. The highest BCUT2D eigenvalue weighted by Crippen LogP contribution is 2.38. The van der Waals surface area contributed by atoms with Crippen LogP contribution in [0.2, 0.25) is 0 Å². The van der Waals surface area contributed by atoms with Gasteiger partial charge in [0.15, 0.2) is 0 Å². The van der Waals surface area contributed by atoms with Crippen molar-refractivity contribution in [1.82, 2.24) is 23.6 Å². The van der Waals surface area contributed by atoms with E-state index >= 15 is 0 Å². The van der Waals surface area contributed by atoms with E-state index in [0.717, 1.165) is 32.1 Å². The first kappa shape index (κ1) is 20.3. The monoisotopic (exact) mass is 418 g/mol. The Balaban J connectivity index is 1.76. The van der Waals surface area contributed by atoms with E-state index in [2.05, 4.69) is 24.6 Å². The van der Waals surface area contributed by atoms with Crippen LogP contribution in [-0.4, -0.2) is 56.8 Å². The van der Waals surface area contributed by atoms with Gasteiger partial charge in [-0.2, -0.15) is 13.2 Å². The molecule has 2 aromatic heterocycles. The van der Waals surface area contributed by atoms with Crippen LogP contribution in [0, 0.1) is 6.92 Å². The van der Waals surface area contributed by atoms with Crippen LogP contribution < -0.4 is 5.32 Å². The largest absolute Gasteiger partial charge is 0.420 e. The maximum absolute atomic E-state index is 13.4. The summed E-state index contributed by atoms with van der Waals surface area (Å²) in [6.45, 7) is 3.53. The number of aromatic nitrogens is 3. The van der Waals surface area contributed by atoms with Crippen LogP contribution in [0.3, 0.4) is 0 Å². The van der Waals surface area contributed by atoms with Gasteiger partial charge in [-0.1, -0.05) is 0 Å². The molecule has 0 bridgehead atoms. The van der Waals surface area contributed by atoms with Crippen molar-refractivity contribution in [2.45, 2.75) is 32.0 Å². The van der Waals surface area contributed by atoms with E-state index in [1.165, 1.54) is 17.5 Å². The summed E-state index contributed by atoms with van der Waals surface area (Å²) in [6, 6.07) is 0.136. The Morgan fingerprint density at radius 1 is 1.22 bits per heavy atom. The smallest absolute Gasteiger partial charge is 0.351 e. The molecule has 0 radical (unpaired) electrons. The number of alkyl halides is 3. The van der Waals surface area contributed by atoms with Gasteiger partial charge in [-0.25, -0.2) is 23.6 Å². The van der Waals surface area contributed by atoms with E-state index < -0.39 is 11.7 Å². The zero-order valence-electron chi connectivity index (χ0n) is 15.2. The van der Waals surface area contributed by atoms with Gasteiger partial charge >= 0.3 is 6.18 Å². The summed E-state index contributed by atoms with van der Waals surface area (Å²) >= 11 is 2.86. The molecule has 0 spiro atoms. The number of nitrogens with one attached hydrogen (secondary N) is 1. The molecule has 0 aromatic carbocycles. The van der Waals surface area contributed by atoms with Gasteiger partial charge in [0, 0.05) is 43.7 Å². The van der Waals surface area contributed by atoms with Crippen molar-refractivity contribution in [3.63, 3.8) is 0 Å². The third-order valence-corrected chi connectivity index (χ3v) is 5.86. The van der Waals surface area contributed by atoms with E-state index in [1.54, 1.807) is 19.1 Å². The molecule has 27 heavy (non-hydrogen) atoms. The van der Waals surface area contributed by atoms with Gasteiger partial charge in [0.25, 0.3) is 0 Å². The van der Waals surface area contributed by atoms with Crippen molar-refractivity contribution in [3.05, 3.63) is 23.0 Å². The summed E-state index contributed by atoms with van der Waals surface area (Å²) in [5, 5.41) is 3.89. The topological polar surface area (TPSA) is 57.2 Å². The Morgan fingerprint density at radius 3 is 2.48 bits per heavy atom. The lowest BCUT2D eigenvalue weighted by atomic mass is 10.1. The molecule has 0 unspecified atom stereocenters. The molecular formula is C16H21F3N6S2. The number of nitrogens with zero attached hydrogens (tertiary/aromatic N) is 5. The molecule has 0 atom stereocenters. The number of hydrogen-bond acceptors (Lipinski definition) is 8. The molecule has 6 nitrogen and oxygen atoms in total. The fourth-order valence-electron chi connectivity index (χ4n) is 2.81. The summed E-state index contributed by atoms with van der Waals surface area (Å²) in [6.07, 6.45) is -0.476. The molecule has 1 aliphatic rings. The summed E-state index contributed by atoms with van der Waals surface area (Å²) in [7, 11) is 3.99. The van der Waals surface area contributed by atoms with Crippen molar-refractivity contribution in [3.8, 4) is 10.6 Å². The summed E-state index contributed by atoms with van der Waals surface area (Å²) < 4.78 is 44.4. The van der Waals surface area contributed by atoms with E-state index in [1.807, 2.05) is 18.4 Å². The van der Waals surface area contributed by atoms with Gasteiger partial charge in [0.05, 0.1) is 15.6 Å². The third-order valence-electron chi connectivity index (χ3n) is 4.01. The normalized spacial score (nSPS) is 16.9. The highest BCUT2D eigenvalue weighted by Gasteiger charge is 2.36. The number of piperidine rings is 1. The molecule has 11 heteroatoms. The first-order valence-electron chi connectivity index (χ1n) is 8.46. The second-order valence-electron chi connectivity index (χ2n) is 6.44. The fourth-order valence-corrected chi connectivity index (χ4v) is 4.43. The number of halogens is 3. The van der Waals surface area contributed by atoms with Crippen LogP contribution in [0.15, 0.2) is 12.4 Å². The minimum absolute atomic E-state index is 0.119. The standard InChI is InChI=1S/C16H21F3N6S2/c1-10-20-9-13(26-10)14-12(16(17,18)19)8-21-15(23-14)22-11-4-6-25(7-5-11)27-24(2)3/h8-9,11H,4-7H2,1-3H3,(H,21,22,23). The summed E-state index contributed by atoms with van der Waals surface area (Å²) in [5.41, 5.74) is -0.958. The zero-order chi connectivity index (χ0) is 19.6. The molecule has 1 N–H and O–H groups in total. The predicted molar refractivity (Wildman–Crippen MR) is 102 cm³/mol. The van der Waals surface area contributed by atoms with Crippen molar-refractivity contribution < 1.29 is 13.2 Å². The van der Waals surface area contributed by atoms with Crippen LogP contribution in [0.4, 0.5) is 19.1 Å². The van der Waals surface area contributed by atoms with Crippen LogP contribution in [0.1, 0.15) is 23.4 Å². The van der Waals surface area contributed by atoms with Crippen LogP contribution >= 0.6 is 23.5 Å². The minimum atomic E-state index is -4.51. The average molecular weight is 419 g/mol. The number of hydrogen-bond donors (Lipinski definition) is 1. The van der Waals surface area contributed by atoms with E-state index in [0.29, 0.717) is 9.88 Å². The van der Waals surface area contributed by atoms with Gasteiger partial charge < -0.3 is 5.32 Å². The SMILES string of the molecule is Cc1ncc(-c2nc(NC3CCN(SN(C)C)CC3)ncc2C(F)(F)F)s1. The highest BCUT2D eigenvalue weighted by molar-refractivity contribution is 7.94. The zero-order valence-corrected chi connectivity index (χ0v) is 16.9. The number of anilines is 1. The molecule has 1 aliphatic heterocycles. The van der Waals surface area contributed by atoms with Gasteiger partial charge in [0.2, 0.25) is 5.95 Å². The molecule has 148 valence electrons. The first-order valence-corrected chi connectivity index (χ1v) is 10.0. The van der Waals surface area contributed by atoms with E-state index in [4.69, 9.17) is 0 Å². The summed E-state index contributed by atoms with van der Waals surface area (Å²) in [5.74, 6) is 0.225. The molecular weight excluding hydrogens is 397 g/mol. The van der Waals surface area contributed by atoms with Gasteiger partial charge in [-0.3, -0.25) is 0 Å². The number of rotatable bonds is 5. The number of aryl methyl sites for hydroxylation is 1. The Hall–Kier alpha value is -1.43. The Bertz CT molecular complexity index is 772. The summed E-state index contributed by atoms with van der Waals surface area (Å²) in [4.78, 5) is 12.5. The van der Waals surface area contributed by atoms with Gasteiger partial charge in [-0.05, 0) is 33.9 Å². The maximum Gasteiger partial charge on any atom is 0.420 e. The second kappa shape index (κ2) is 8.29. The van der Waals surface area contributed by atoms with Crippen molar-refractivity contribution >= 4 is 29.4 Å². The maximum atomic E-state index is 13.4. The molecule has 0 amide bonds. The van der Waals surface area contributed by atoms with Crippen LogP contribution in [0.25, 0.3) is 10.6 Å². The van der Waals surface area contributed by atoms with Crippen LogP contribution in [-0.2, 0) is 6.18 Å². The van der Waals surface area contributed by atoms with Gasteiger partial charge in [-0.15, -0.1) is 11.3 Å². The number of thiazole rings is 1. The highest BCUT2D eigenvalue weighted by atomic mass is 32.2. The Labute approximate surface area is 164 Å². The molecule has 0 saturated carbocycles. The van der Waals surface area contributed by atoms with Crippen molar-refractivity contribution in [2.24, 2.45) is 0 Å². The van der Waals surface area contributed by atoms with E-state index in [-0.39, 0.29) is 17.7 Å². The fraction of sp³-hybridized carbons (Fsp3) is 0.562. The minimum Gasteiger partial charge on any atom is -0.351 e. The van der Waals surface area contributed by atoms with E-state index in [9.17, 15) is 13.2 Å². The molecule has 3 rings (SSSR count). The lowest BCUT2D eigenvalue weighted by Crippen LogP contribution is -2.37. The Kier molecular flexibility index (Phi) is 6.24. The van der Waals surface area contributed by atoms with Crippen molar-refractivity contribution in [2.75, 3.05) is 32.5 Å². The predicted octanol–water partition coefficient (Wildman–Crippen LogP) is 3.93. The van der Waals surface area contributed by atoms with Gasteiger partial charge in [0.1, 0.15) is 5.56 Å². The average Bonchev–Trinajstić information content (AvgIpc) is 3.01. The molecule has 1 fully saturated rings.